The van der Waals surface area contributed by atoms with Gasteiger partial charge in [-0.3, -0.25) is 0 Å². The van der Waals surface area contributed by atoms with Crippen LogP contribution >= 0.6 is 15.9 Å². The summed E-state index contributed by atoms with van der Waals surface area (Å²) in [6, 6.07) is 3.04. The van der Waals surface area contributed by atoms with Gasteiger partial charge in [0.1, 0.15) is 6.61 Å². The van der Waals surface area contributed by atoms with Gasteiger partial charge in [0, 0.05) is 34.9 Å². The molecule has 1 aliphatic heterocycles. The van der Waals surface area contributed by atoms with Crippen LogP contribution in [0, 0.1) is 0 Å². The van der Waals surface area contributed by atoms with E-state index in [1.807, 2.05) is 0 Å². The molecule has 1 unspecified atom stereocenters. The number of rotatable bonds is 6. The molecule has 1 aromatic heterocycles. The highest BCUT2D eigenvalue weighted by Gasteiger charge is 2.20. The Morgan fingerprint density at radius 2 is 2.29 bits per heavy atom. The van der Waals surface area contributed by atoms with Crippen molar-refractivity contribution < 1.29 is 4.74 Å². The van der Waals surface area contributed by atoms with Gasteiger partial charge in [0.25, 0.3) is 0 Å². The number of likely N-dealkylation sites (N-methyl/N-ethyl adjacent to an activating group) is 1. The zero-order valence-electron chi connectivity index (χ0n) is 13.2. The van der Waals surface area contributed by atoms with E-state index in [4.69, 9.17) is 4.74 Å². The predicted molar refractivity (Wildman–Crippen MR) is 89.7 cm³/mol. The quantitative estimate of drug-likeness (QED) is 0.849. The van der Waals surface area contributed by atoms with Gasteiger partial charge >= 0.3 is 0 Å². The molecule has 1 aliphatic rings. The number of nitrogens with one attached hydrogen (secondary N) is 1. The third-order valence-corrected chi connectivity index (χ3v) is 4.36. The Kier molecular flexibility index (Phi) is 6.45. The Labute approximate surface area is 136 Å². The maximum absolute atomic E-state index is 6.02. The van der Waals surface area contributed by atoms with Crippen molar-refractivity contribution in [2.24, 2.45) is 0 Å². The van der Waals surface area contributed by atoms with Gasteiger partial charge in [0.2, 0.25) is 5.88 Å². The molecule has 0 amide bonds. The molecule has 21 heavy (non-hydrogen) atoms. The number of halogens is 1. The van der Waals surface area contributed by atoms with Crippen LogP contribution in [-0.2, 0) is 6.54 Å². The number of nitrogens with zero attached hydrogens (tertiary/aromatic N) is 2. The number of piperidine rings is 1. The third kappa shape index (κ3) is 5.24. The van der Waals surface area contributed by atoms with Gasteiger partial charge in [0.05, 0.1) is 0 Å². The summed E-state index contributed by atoms with van der Waals surface area (Å²) in [5.41, 5.74) is 1.11. The zero-order chi connectivity index (χ0) is 15.2. The molecule has 5 heteroatoms. The van der Waals surface area contributed by atoms with Crippen LogP contribution in [0.2, 0.25) is 0 Å². The summed E-state index contributed by atoms with van der Waals surface area (Å²) in [7, 11) is 2.18. The minimum Gasteiger partial charge on any atom is -0.476 e. The summed E-state index contributed by atoms with van der Waals surface area (Å²) >= 11 is 3.49. The Balaban J connectivity index is 1.97. The van der Waals surface area contributed by atoms with Gasteiger partial charge in [-0.25, -0.2) is 4.98 Å². The van der Waals surface area contributed by atoms with Gasteiger partial charge in [-0.05, 0) is 48.4 Å². The first-order chi connectivity index (χ1) is 10.1. The molecule has 0 aliphatic carbocycles. The van der Waals surface area contributed by atoms with Crippen molar-refractivity contribution in [1.29, 1.82) is 0 Å². The lowest BCUT2D eigenvalue weighted by Crippen LogP contribution is -2.40. The third-order valence-electron chi connectivity index (χ3n) is 3.93. The van der Waals surface area contributed by atoms with Crippen LogP contribution in [-0.4, -0.2) is 42.2 Å². The fourth-order valence-electron chi connectivity index (χ4n) is 2.57. The minimum absolute atomic E-state index is 0.446. The topological polar surface area (TPSA) is 37.4 Å². The Hall–Kier alpha value is -0.650. The first-order valence-electron chi connectivity index (χ1n) is 7.77. The average molecular weight is 356 g/mol. The highest BCUT2D eigenvalue weighted by atomic mass is 79.9. The zero-order valence-corrected chi connectivity index (χ0v) is 14.8. The van der Waals surface area contributed by atoms with Crippen molar-refractivity contribution in [3.8, 4) is 5.88 Å². The smallest absolute Gasteiger partial charge is 0.217 e. The summed E-state index contributed by atoms with van der Waals surface area (Å²) in [5.74, 6) is 0.755. The molecule has 0 radical (unpaired) electrons. The number of pyridine rings is 1. The number of aromatic nitrogens is 1. The number of ether oxygens (including phenoxy) is 1. The standard InChI is InChI=1S/C16H26BrN3O/c1-12(2)18-9-13-8-14(17)10-19-16(13)21-11-15-6-4-5-7-20(15)3/h8,10,12,15,18H,4-7,9,11H2,1-3H3. The molecule has 0 spiro atoms. The molecule has 2 heterocycles. The number of hydrogen-bond donors (Lipinski definition) is 1. The van der Waals surface area contributed by atoms with Crippen LogP contribution in [0.1, 0.15) is 38.7 Å². The van der Waals surface area contributed by atoms with Crippen molar-refractivity contribution >= 4 is 15.9 Å². The maximum Gasteiger partial charge on any atom is 0.217 e. The van der Waals surface area contributed by atoms with Crippen LogP contribution in [0.4, 0.5) is 0 Å². The van der Waals surface area contributed by atoms with Gasteiger partial charge in [-0.1, -0.05) is 20.3 Å². The molecule has 1 fully saturated rings. The van der Waals surface area contributed by atoms with E-state index in [9.17, 15) is 0 Å². The number of likely N-dealkylation sites (tertiary alicyclic amines) is 1. The second-order valence-corrected chi connectivity index (χ2v) is 7.01. The molecule has 0 saturated carbocycles. The van der Waals surface area contributed by atoms with E-state index in [1.165, 1.54) is 25.8 Å². The fourth-order valence-corrected chi connectivity index (χ4v) is 2.95. The van der Waals surface area contributed by atoms with Crippen molar-refractivity contribution in [2.75, 3.05) is 20.2 Å². The molecule has 0 aromatic carbocycles. The van der Waals surface area contributed by atoms with E-state index >= 15 is 0 Å². The van der Waals surface area contributed by atoms with Crippen LogP contribution in [0.25, 0.3) is 0 Å². The van der Waals surface area contributed by atoms with E-state index in [0.717, 1.165) is 29.1 Å². The molecular formula is C16H26BrN3O. The van der Waals surface area contributed by atoms with E-state index < -0.39 is 0 Å². The first kappa shape index (κ1) is 16.7. The van der Waals surface area contributed by atoms with E-state index in [2.05, 4.69) is 58.1 Å². The summed E-state index contributed by atoms with van der Waals surface area (Å²) < 4.78 is 7.01. The van der Waals surface area contributed by atoms with Crippen LogP contribution in [0.3, 0.4) is 0 Å². The van der Waals surface area contributed by atoms with Crippen molar-refractivity contribution in [2.45, 2.75) is 51.7 Å². The van der Waals surface area contributed by atoms with Crippen LogP contribution in [0.15, 0.2) is 16.7 Å². The molecule has 1 N–H and O–H groups in total. The van der Waals surface area contributed by atoms with Crippen molar-refractivity contribution in [3.63, 3.8) is 0 Å². The summed E-state index contributed by atoms with van der Waals surface area (Å²) in [5, 5.41) is 3.42. The molecule has 1 atom stereocenters. The molecule has 0 bridgehead atoms. The summed E-state index contributed by atoms with van der Waals surface area (Å²) in [6.45, 7) is 6.95. The Bertz CT molecular complexity index is 453. The summed E-state index contributed by atoms with van der Waals surface area (Å²) in [6.07, 6.45) is 5.62. The molecule has 2 rings (SSSR count). The van der Waals surface area contributed by atoms with Crippen LogP contribution in [0.5, 0.6) is 5.88 Å². The van der Waals surface area contributed by atoms with Gasteiger partial charge in [-0.2, -0.15) is 0 Å². The SMILES string of the molecule is CC(C)NCc1cc(Br)cnc1OCC1CCCCN1C. The van der Waals surface area contributed by atoms with E-state index in [0.29, 0.717) is 12.1 Å². The lowest BCUT2D eigenvalue weighted by atomic mass is 10.0. The Morgan fingerprint density at radius 3 is 3.00 bits per heavy atom. The average Bonchev–Trinajstić information content (AvgIpc) is 2.45. The molecule has 4 nitrogen and oxygen atoms in total. The molecule has 1 saturated heterocycles. The maximum atomic E-state index is 6.02. The highest BCUT2D eigenvalue weighted by molar-refractivity contribution is 9.10. The Morgan fingerprint density at radius 1 is 1.48 bits per heavy atom. The monoisotopic (exact) mass is 355 g/mol. The largest absolute Gasteiger partial charge is 0.476 e. The molecular weight excluding hydrogens is 330 g/mol. The first-order valence-corrected chi connectivity index (χ1v) is 8.56. The van der Waals surface area contributed by atoms with Crippen molar-refractivity contribution in [3.05, 3.63) is 22.3 Å². The highest BCUT2D eigenvalue weighted by Crippen LogP contribution is 2.22. The predicted octanol–water partition coefficient (Wildman–Crippen LogP) is 3.21. The molecule has 1 aromatic rings. The lowest BCUT2D eigenvalue weighted by molar-refractivity contribution is 0.122. The normalized spacial score (nSPS) is 20.0. The number of hydrogen-bond acceptors (Lipinski definition) is 4. The second kappa shape index (κ2) is 8.11. The second-order valence-electron chi connectivity index (χ2n) is 6.09. The van der Waals surface area contributed by atoms with E-state index in [-0.39, 0.29) is 0 Å². The molecule has 118 valence electrons. The van der Waals surface area contributed by atoms with E-state index in [1.54, 1.807) is 6.20 Å². The van der Waals surface area contributed by atoms with Crippen LogP contribution < -0.4 is 10.1 Å². The fraction of sp³-hybridized carbons (Fsp3) is 0.688. The summed E-state index contributed by atoms with van der Waals surface area (Å²) in [4.78, 5) is 6.84. The lowest BCUT2D eigenvalue weighted by Gasteiger charge is -2.32. The van der Waals surface area contributed by atoms with Gasteiger partial charge < -0.3 is 15.0 Å². The van der Waals surface area contributed by atoms with Gasteiger partial charge in [0.15, 0.2) is 0 Å². The minimum atomic E-state index is 0.446. The van der Waals surface area contributed by atoms with Gasteiger partial charge in [-0.15, -0.1) is 0 Å². The van der Waals surface area contributed by atoms with Crippen molar-refractivity contribution in [1.82, 2.24) is 15.2 Å².